The van der Waals surface area contributed by atoms with Gasteiger partial charge in [0.1, 0.15) is 0 Å². The Morgan fingerprint density at radius 3 is 2.65 bits per heavy atom. The summed E-state index contributed by atoms with van der Waals surface area (Å²) in [6.45, 7) is 0. The van der Waals surface area contributed by atoms with Gasteiger partial charge in [-0.3, -0.25) is 14.0 Å². The van der Waals surface area contributed by atoms with Crippen LogP contribution in [0, 0.1) is 0 Å². The lowest BCUT2D eigenvalue weighted by Crippen LogP contribution is -2.12. The molecule has 0 saturated carbocycles. The number of carbonyl (C=O) groups is 1. The van der Waals surface area contributed by atoms with Gasteiger partial charge < -0.3 is 5.73 Å². The Balaban J connectivity index is 2.78. The number of primary amides is 1. The molecule has 88 valence electrons. The minimum absolute atomic E-state index is 0.0291. The van der Waals surface area contributed by atoms with E-state index in [0.717, 1.165) is 11.7 Å². The molecule has 1 aromatic carbocycles. The largest absolute Gasteiger partial charge is 0.366 e. The number of H-pyrrole nitrogens is 1. The standard InChI is InChI=1S/C9H5Cl2N3O2S/c10-4-2-1-3(8(12)15)6(11)5(4)7-9(16)14-17-13-7/h1-2H,(H2,12,15)(H,14,16). The molecule has 0 aliphatic heterocycles. The van der Waals surface area contributed by atoms with Gasteiger partial charge in [-0.15, -0.1) is 0 Å². The number of amides is 1. The fraction of sp³-hybridized carbons (Fsp3) is 0. The van der Waals surface area contributed by atoms with Crippen molar-refractivity contribution < 1.29 is 4.79 Å². The van der Waals surface area contributed by atoms with E-state index in [1.54, 1.807) is 0 Å². The molecule has 17 heavy (non-hydrogen) atoms. The Morgan fingerprint density at radius 2 is 2.12 bits per heavy atom. The van der Waals surface area contributed by atoms with Gasteiger partial charge in [0.2, 0.25) is 5.91 Å². The molecule has 2 aromatic rings. The molecule has 8 heteroatoms. The second kappa shape index (κ2) is 4.48. The average molecular weight is 290 g/mol. The number of aromatic nitrogens is 2. The molecule has 0 bridgehead atoms. The van der Waals surface area contributed by atoms with E-state index in [2.05, 4.69) is 8.75 Å². The van der Waals surface area contributed by atoms with Crippen molar-refractivity contribution in [3.05, 3.63) is 38.1 Å². The van der Waals surface area contributed by atoms with Gasteiger partial charge in [0.25, 0.3) is 5.56 Å². The smallest absolute Gasteiger partial charge is 0.286 e. The van der Waals surface area contributed by atoms with E-state index in [1.165, 1.54) is 12.1 Å². The van der Waals surface area contributed by atoms with Crippen LogP contribution in [0.1, 0.15) is 10.4 Å². The molecule has 2 rings (SSSR count). The summed E-state index contributed by atoms with van der Waals surface area (Å²) in [7, 11) is 0. The number of carbonyl (C=O) groups excluding carboxylic acids is 1. The summed E-state index contributed by atoms with van der Waals surface area (Å²) >= 11 is 12.8. The summed E-state index contributed by atoms with van der Waals surface area (Å²) < 4.78 is 6.27. The molecule has 3 N–H and O–H groups in total. The van der Waals surface area contributed by atoms with Gasteiger partial charge >= 0.3 is 0 Å². The first-order chi connectivity index (χ1) is 8.02. The van der Waals surface area contributed by atoms with Crippen molar-refractivity contribution in [3.63, 3.8) is 0 Å². The lowest BCUT2D eigenvalue weighted by atomic mass is 10.1. The van der Waals surface area contributed by atoms with Crippen LogP contribution in [0.3, 0.4) is 0 Å². The zero-order chi connectivity index (χ0) is 12.6. The van der Waals surface area contributed by atoms with Gasteiger partial charge in [0.15, 0.2) is 5.69 Å². The average Bonchev–Trinajstić information content (AvgIpc) is 2.64. The van der Waals surface area contributed by atoms with E-state index < -0.39 is 11.5 Å². The number of aromatic amines is 1. The molecule has 1 heterocycles. The topological polar surface area (TPSA) is 88.8 Å². The highest BCUT2D eigenvalue weighted by molar-refractivity contribution is 6.99. The number of rotatable bonds is 2. The Hall–Kier alpha value is -1.37. The third-order valence-electron chi connectivity index (χ3n) is 2.08. The van der Waals surface area contributed by atoms with Gasteiger partial charge in [-0.2, -0.15) is 4.37 Å². The number of halogens is 2. The molecule has 1 aromatic heterocycles. The molecule has 0 fully saturated rings. The van der Waals surface area contributed by atoms with Crippen LogP contribution in [0.2, 0.25) is 10.0 Å². The molecular weight excluding hydrogens is 285 g/mol. The normalized spacial score (nSPS) is 10.5. The number of hydrogen-bond donors (Lipinski definition) is 2. The molecule has 5 nitrogen and oxygen atoms in total. The highest BCUT2D eigenvalue weighted by Crippen LogP contribution is 2.34. The SMILES string of the molecule is NC(=O)c1ccc(Cl)c(-c2ns[nH]c2=O)c1Cl. The Labute approximate surface area is 109 Å². The van der Waals surface area contributed by atoms with Crippen LogP contribution in [-0.4, -0.2) is 14.7 Å². The van der Waals surface area contributed by atoms with Crippen molar-refractivity contribution in [2.24, 2.45) is 5.73 Å². The van der Waals surface area contributed by atoms with Gasteiger partial charge in [-0.1, -0.05) is 23.2 Å². The van der Waals surface area contributed by atoms with Crippen molar-refractivity contribution >= 4 is 40.8 Å². The maximum absolute atomic E-state index is 11.5. The van der Waals surface area contributed by atoms with E-state index in [4.69, 9.17) is 28.9 Å². The van der Waals surface area contributed by atoms with Crippen molar-refractivity contribution in [2.45, 2.75) is 0 Å². The Bertz CT molecular complexity index is 650. The third-order valence-corrected chi connectivity index (χ3v) is 3.34. The lowest BCUT2D eigenvalue weighted by molar-refractivity contribution is 0.100. The van der Waals surface area contributed by atoms with Gasteiger partial charge in [0.05, 0.1) is 15.6 Å². The number of nitrogens with two attached hydrogens (primary N) is 1. The molecule has 0 atom stereocenters. The van der Waals surface area contributed by atoms with Crippen LogP contribution in [0.5, 0.6) is 0 Å². The van der Waals surface area contributed by atoms with Crippen molar-refractivity contribution in [2.75, 3.05) is 0 Å². The van der Waals surface area contributed by atoms with Crippen LogP contribution in [-0.2, 0) is 0 Å². The van der Waals surface area contributed by atoms with E-state index in [9.17, 15) is 9.59 Å². The van der Waals surface area contributed by atoms with Crippen molar-refractivity contribution in [1.29, 1.82) is 0 Å². The number of nitrogens with zero attached hydrogens (tertiary/aromatic N) is 1. The zero-order valence-electron chi connectivity index (χ0n) is 8.16. The fourth-order valence-electron chi connectivity index (χ4n) is 1.32. The monoisotopic (exact) mass is 289 g/mol. The summed E-state index contributed by atoms with van der Waals surface area (Å²) in [4.78, 5) is 22.6. The summed E-state index contributed by atoms with van der Waals surface area (Å²) in [5.41, 5.74) is 5.13. The summed E-state index contributed by atoms with van der Waals surface area (Å²) in [6, 6.07) is 2.85. The van der Waals surface area contributed by atoms with Crippen molar-refractivity contribution in [1.82, 2.24) is 8.75 Å². The maximum atomic E-state index is 11.5. The number of nitrogens with one attached hydrogen (secondary N) is 1. The molecular formula is C9H5Cl2N3O2S. The van der Waals surface area contributed by atoms with E-state index in [1.807, 2.05) is 0 Å². The number of hydrogen-bond acceptors (Lipinski definition) is 4. The van der Waals surface area contributed by atoms with Gasteiger partial charge in [0, 0.05) is 17.3 Å². The molecule has 1 amide bonds. The third kappa shape index (κ3) is 2.06. The quantitative estimate of drug-likeness (QED) is 0.885. The highest BCUT2D eigenvalue weighted by atomic mass is 35.5. The van der Waals surface area contributed by atoms with Crippen LogP contribution >= 0.6 is 34.9 Å². The minimum atomic E-state index is -0.695. The molecule has 0 spiro atoms. The molecule has 0 unspecified atom stereocenters. The molecule has 0 aliphatic carbocycles. The van der Waals surface area contributed by atoms with Gasteiger partial charge in [-0.25, -0.2) is 0 Å². The number of benzene rings is 1. The first-order valence-electron chi connectivity index (χ1n) is 4.35. The van der Waals surface area contributed by atoms with Crippen molar-refractivity contribution in [3.8, 4) is 11.3 Å². The summed E-state index contributed by atoms with van der Waals surface area (Å²) in [6.07, 6.45) is 0. The first kappa shape index (κ1) is 12.1. The molecule has 0 radical (unpaired) electrons. The van der Waals surface area contributed by atoms with Crippen LogP contribution in [0.25, 0.3) is 11.3 Å². The zero-order valence-corrected chi connectivity index (χ0v) is 10.5. The maximum Gasteiger partial charge on any atom is 0.286 e. The predicted molar refractivity (Wildman–Crippen MR) is 66.7 cm³/mol. The van der Waals surface area contributed by atoms with E-state index >= 15 is 0 Å². The predicted octanol–water partition coefficient (Wildman–Crippen LogP) is 1.90. The Morgan fingerprint density at radius 1 is 1.41 bits per heavy atom. The fourth-order valence-corrected chi connectivity index (χ4v) is 2.45. The summed E-state index contributed by atoms with van der Waals surface area (Å²) in [5.74, 6) is -0.695. The van der Waals surface area contributed by atoms with Gasteiger partial charge in [-0.05, 0) is 12.1 Å². The van der Waals surface area contributed by atoms with E-state index in [-0.39, 0.29) is 26.9 Å². The second-order valence-electron chi connectivity index (χ2n) is 3.11. The van der Waals surface area contributed by atoms with Crippen LogP contribution in [0.15, 0.2) is 16.9 Å². The minimum Gasteiger partial charge on any atom is -0.366 e. The first-order valence-corrected chi connectivity index (χ1v) is 5.88. The highest BCUT2D eigenvalue weighted by Gasteiger charge is 2.19. The van der Waals surface area contributed by atoms with Crippen LogP contribution in [0.4, 0.5) is 0 Å². The summed E-state index contributed by atoms with van der Waals surface area (Å²) in [5, 5.41) is 0.262. The van der Waals surface area contributed by atoms with E-state index in [0.29, 0.717) is 0 Å². The second-order valence-corrected chi connectivity index (χ2v) is 4.46. The Kier molecular flexibility index (Phi) is 3.19. The van der Waals surface area contributed by atoms with Crippen LogP contribution < -0.4 is 11.3 Å². The lowest BCUT2D eigenvalue weighted by Gasteiger charge is -2.06. The molecule has 0 saturated heterocycles. The molecule has 0 aliphatic rings.